The van der Waals surface area contributed by atoms with Gasteiger partial charge in [0.05, 0.1) is 18.8 Å². The molecule has 0 rings (SSSR count). The molecule has 0 aliphatic carbocycles. The van der Waals surface area contributed by atoms with E-state index >= 15 is 0 Å². The first-order chi connectivity index (χ1) is 24.7. The number of hydrogen-bond donors (Lipinski definition) is 3. The quantitative estimate of drug-likeness (QED) is 0.0444. The van der Waals surface area contributed by atoms with Crippen molar-refractivity contribution in [3.05, 3.63) is 60.8 Å². The van der Waals surface area contributed by atoms with Crippen molar-refractivity contribution < 1.29 is 15.0 Å². The van der Waals surface area contributed by atoms with Crippen molar-refractivity contribution in [1.82, 2.24) is 5.32 Å². The second-order valence-corrected chi connectivity index (χ2v) is 14.4. The predicted octanol–water partition coefficient (Wildman–Crippen LogP) is 13.3. The van der Waals surface area contributed by atoms with Crippen LogP contribution in [0.5, 0.6) is 0 Å². The van der Waals surface area contributed by atoms with Crippen LogP contribution in [0.1, 0.15) is 206 Å². The lowest BCUT2D eigenvalue weighted by Gasteiger charge is -2.22. The Labute approximate surface area is 311 Å². The number of amides is 1. The van der Waals surface area contributed by atoms with Crippen LogP contribution in [0.15, 0.2) is 60.8 Å². The molecule has 1 amide bonds. The molecule has 0 spiro atoms. The van der Waals surface area contributed by atoms with Crippen molar-refractivity contribution in [1.29, 1.82) is 0 Å². The van der Waals surface area contributed by atoms with E-state index in [1.807, 2.05) is 0 Å². The summed E-state index contributed by atoms with van der Waals surface area (Å²) in [7, 11) is 0. The van der Waals surface area contributed by atoms with Crippen LogP contribution in [0.2, 0.25) is 0 Å². The summed E-state index contributed by atoms with van der Waals surface area (Å²) in [4.78, 5) is 12.4. The summed E-state index contributed by atoms with van der Waals surface area (Å²) in [5.74, 6) is -0.0376. The molecule has 0 aromatic rings. The Morgan fingerprint density at radius 3 is 1.32 bits per heavy atom. The smallest absolute Gasteiger partial charge is 0.220 e. The summed E-state index contributed by atoms with van der Waals surface area (Å²) in [6, 6.07) is -0.536. The largest absolute Gasteiger partial charge is 0.394 e. The fraction of sp³-hybridized carbons (Fsp3) is 0.761. The molecule has 2 atom stereocenters. The van der Waals surface area contributed by atoms with E-state index in [1.165, 1.54) is 122 Å². The Bertz CT molecular complexity index is 842. The van der Waals surface area contributed by atoms with Gasteiger partial charge in [0.1, 0.15) is 0 Å². The van der Waals surface area contributed by atoms with Crippen LogP contribution < -0.4 is 5.32 Å². The Morgan fingerprint density at radius 1 is 0.500 bits per heavy atom. The molecule has 0 bridgehead atoms. The highest BCUT2D eigenvalue weighted by Crippen LogP contribution is 2.15. The molecule has 0 aromatic heterocycles. The van der Waals surface area contributed by atoms with Gasteiger partial charge in [-0.05, 0) is 57.8 Å². The maximum absolute atomic E-state index is 12.4. The molecule has 2 unspecified atom stereocenters. The van der Waals surface area contributed by atoms with E-state index < -0.39 is 12.1 Å². The van der Waals surface area contributed by atoms with E-state index in [4.69, 9.17) is 0 Å². The topological polar surface area (TPSA) is 69.6 Å². The van der Waals surface area contributed by atoms with E-state index in [1.54, 1.807) is 0 Å². The number of rotatable bonds is 38. The average Bonchev–Trinajstić information content (AvgIpc) is 3.12. The maximum atomic E-state index is 12.4. The minimum atomic E-state index is -0.659. The number of carbonyl (C=O) groups is 1. The van der Waals surface area contributed by atoms with Crippen LogP contribution >= 0.6 is 0 Å². The predicted molar refractivity (Wildman–Crippen MR) is 221 cm³/mol. The first-order valence-electron chi connectivity index (χ1n) is 21.5. The molecule has 4 heteroatoms. The lowest BCUT2D eigenvalue weighted by molar-refractivity contribution is -0.123. The summed E-state index contributed by atoms with van der Waals surface area (Å²) in [5.41, 5.74) is 0. The number of aliphatic hydroxyl groups excluding tert-OH is 2. The summed E-state index contributed by atoms with van der Waals surface area (Å²) in [6.07, 6.45) is 57.3. The van der Waals surface area contributed by atoms with Gasteiger partial charge in [-0.1, -0.05) is 203 Å². The van der Waals surface area contributed by atoms with Gasteiger partial charge in [0, 0.05) is 6.42 Å². The highest BCUT2D eigenvalue weighted by atomic mass is 16.3. The van der Waals surface area contributed by atoms with Crippen LogP contribution in [0.3, 0.4) is 0 Å². The molecule has 4 nitrogen and oxygen atoms in total. The molecular weight excluding hydrogens is 615 g/mol. The number of unbranched alkanes of at least 4 members (excludes halogenated alkanes) is 21. The number of hydrogen-bond acceptors (Lipinski definition) is 3. The van der Waals surface area contributed by atoms with E-state index in [2.05, 4.69) is 79.9 Å². The first kappa shape index (κ1) is 48.1. The Hall–Kier alpha value is -1.91. The fourth-order valence-electron chi connectivity index (χ4n) is 6.27. The highest BCUT2D eigenvalue weighted by molar-refractivity contribution is 5.76. The van der Waals surface area contributed by atoms with Gasteiger partial charge in [-0.2, -0.15) is 0 Å². The third-order valence-electron chi connectivity index (χ3n) is 9.54. The maximum Gasteiger partial charge on any atom is 0.220 e. The summed E-state index contributed by atoms with van der Waals surface area (Å²) in [5, 5.41) is 23.0. The van der Waals surface area contributed by atoms with Crippen molar-refractivity contribution in [3.63, 3.8) is 0 Å². The van der Waals surface area contributed by atoms with Crippen molar-refractivity contribution in [2.45, 2.75) is 219 Å². The van der Waals surface area contributed by atoms with Crippen LogP contribution in [-0.4, -0.2) is 34.9 Å². The Kier molecular flexibility index (Phi) is 39.9. The Morgan fingerprint density at radius 2 is 0.880 bits per heavy atom. The Balaban J connectivity index is 3.49. The normalized spacial score (nSPS) is 13.6. The summed E-state index contributed by atoms with van der Waals surface area (Å²) in [6.45, 7) is 4.22. The molecule has 3 N–H and O–H groups in total. The van der Waals surface area contributed by atoms with Crippen molar-refractivity contribution in [3.8, 4) is 0 Å². The van der Waals surface area contributed by atoms with Gasteiger partial charge in [0.2, 0.25) is 5.91 Å². The number of nitrogens with one attached hydrogen (secondary N) is 1. The van der Waals surface area contributed by atoms with E-state index in [-0.39, 0.29) is 12.5 Å². The molecule has 0 aromatic carbocycles. The zero-order valence-electron chi connectivity index (χ0n) is 33.2. The SMILES string of the molecule is CC/C=C\C/C=C\C/C=C\C/C=C\C/C=C\CCCCCCCCCCCCCCCC(=O)NC(CO)C(O)CCCCCCCCCCC. The monoisotopic (exact) mass is 698 g/mol. The highest BCUT2D eigenvalue weighted by Gasteiger charge is 2.19. The lowest BCUT2D eigenvalue weighted by atomic mass is 10.0. The van der Waals surface area contributed by atoms with Gasteiger partial charge in [0.15, 0.2) is 0 Å². The second kappa shape index (κ2) is 41.5. The summed E-state index contributed by atoms with van der Waals surface area (Å²) < 4.78 is 0. The van der Waals surface area contributed by atoms with E-state index in [9.17, 15) is 15.0 Å². The van der Waals surface area contributed by atoms with Crippen molar-refractivity contribution >= 4 is 5.91 Å². The van der Waals surface area contributed by atoms with E-state index in [0.717, 1.165) is 57.8 Å². The van der Waals surface area contributed by atoms with E-state index in [0.29, 0.717) is 12.8 Å². The number of aliphatic hydroxyl groups is 2. The fourth-order valence-corrected chi connectivity index (χ4v) is 6.27. The van der Waals surface area contributed by atoms with Gasteiger partial charge >= 0.3 is 0 Å². The van der Waals surface area contributed by atoms with Gasteiger partial charge < -0.3 is 15.5 Å². The average molecular weight is 698 g/mol. The first-order valence-corrected chi connectivity index (χ1v) is 21.5. The van der Waals surface area contributed by atoms with Gasteiger partial charge in [-0.3, -0.25) is 4.79 Å². The number of carbonyl (C=O) groups excluding carboxylic acids is 1. The molecule has 0 heterocycles. The molecule has 0 fully saturated rings. The molecule has 0 radical (unpaired) electrons. The second-order valence-electron chi connectivity index (χ2n) is 14.4. The van der Waals surface area contributed by atoms with Crippen LogP contribution in [-0.2, 0) is 4.79 Å². The third-order valence-corrected chi connectivity index (χ3v) is 9.54. The number of allylic oxidation sites excluding steroid dienone is 10. The zero-order chi connectivity index (χ0) is 36.4. The molecule has 290 valence electrons. The summed E-state index contributed by atoms with van der Waals surface area (Å²) >= 11 is 0. The molecule has 50 heavy (non-hydrogen) atoms. The van der Waals surface area contributed by atoms with Crippen LogP contribution in [0, 0.1) is 0 Å². The lowest BCUT2D eigenvalue weighted by Crippen LogP contribution is -2.45. The van der Waals surface area contributed by atoms with Crippen molar-refractivity contribution in [2.24, 2.45) is 0 Å². The molecule has 0 saturated heterocycles. The van der Waals surface area contributed by atoms with Crippen LogP contribution in [0.25, 0.3) is 0 Å². The minimum Gasteiger partial charge on any atom is -0.394 e. The van der Waals surface area contributed by atoms with Crippen molar-refractivity contribution in [2.75, 3.05) is 6.61 Å². The minimum absolute atomic E-state index is 0.0376. The standard InChI is InChI=1S/C46H83NO3/c1-3-5-7-9-11-13-14-15-16-17-18-19-20-21-22-23-24-25-26-27-28-29-30-31-32-34-36-38-40-42-46(50)47-44(43-48)45(49)41-39-37-35-33-12-10-8-6-4-2/h5,7,11,13,15-16,18-19,21-22,44-45,48-49H,3-4,6,8-10,12,14,17,20,23-43H2,1-2H3,(H,47,50)/b7-5-,13-11-,16-15-,19-18-,22-21-. The zero-order valence-corrected chi connectivity index (χ0v) is 33.2. The third kappa shape index (κ3) is 37.3. The van der Waals surface area contributed by atoms with Gasteiger partial charge in [-0.25, -0.2) is 0 Å². The molecule has 0 aliphatic rings. The van der Waals surface area contributed by atoms with Gasteiger partial charge in [0.25, 0.3) is 0 Å². The van der Waals surface area contributed by atoms with Gasteiger partial charge in [-0.15, -0.1) is 0 Å². The van der Waals surface area contributed by atoms with Crippen LogP contribution in [0.4, 0.5) is 0 Å². The molecular formula is C46H83NO3. The molecule has 0 aliphatic heterocycles. The molecule has 0 saturated carbocycles.